The van der Waals surface area contributed by atoms with Crippen molar-refractivity contribution in [2.24, 2.45) is 0 Å². The molecule has 1 aromatic carbocycles. The predicted octanol–water partition coefficient (Wildman–Crippen LogP) is -1.00. The second-order valence-corrected chi connectivity index (χ2v) is 6.42. The fraction of sp³-hybridized carbons (Fsp3) is 0.182. The van der Waals surface area contributed by atoms with Gasteiger partial charge in [-0.25, -0.2) is 4.39 Å². The molecule has 0 N–H and O–H groups in total. The fourth-order valence-corrected chi connectivity index (χ4v) is 2.90. The molecule has 1 nitrogen and oxygen atoms in total. The lowest BCUT2D eigenvalue weighted by Gasteiger charge is -2.45. The van der Waals surface area contributed by atoms with Crippen molar-refractivity contribution in [3.63, 3.8) is 0 Å². The van der Waals surface area contributed by atoms with Gasteiger partial charge in [-0.1, -0.05) is 12.2 Å². The highest BCUT2D eigenvalue weighted by atomic mass is 79.9. The minimum Gasteiger partial charge on any atom is -0.298 e. The molecule has 1 aromatic rings. The zero-order chi connectivity index (χ0) is 19.4. The van der Waals surface area contributed by atoms with Gasteiger partial charge in [0.25, 0.3) is 0 Å². The van der Waals surface area contributed by atoms with Crippen molar-refractivity contribution in [1.82, 2.24) is 0 Å². The summed E-state index contributed by atoms with van der Waals surface area (Å²) in [6.07, 6.45) is 4.98. The van der Waals surface area contributed by atoms with E-state index in [0.29, 0.717) is 23.8 Å². The van der Waals surface area contributed by atoms with Crippen LogP contribution >= 0.6 is 15.9 Å². The zero-order valence-corrected chi connectivity index (χ0v) is 15.1. The van der Waals surface area contributed by atoms with Crippen LogP contribution in [-0.2, 0) is 6.42 Å². The Morgan fingerprint density at radius 2 is 1.68 bits per heavy atom. The van der Waals surface area contributed by atoms with E-state index in [1.54, 1.807) is 6.07 Å². The largest absolute Gasteiger partial charge is 0.298 e. The van der Waals surface area contributed by atoms with E-state index in [2.05, 4.69) is 15.9 Å². The Morgan fingerprint density at radius 1 is 1.16 bits per heavy atom. The Labute approximate surface area is 168 Å². The Hall–Kier alpha value is -0.246. The second kappa shape index (κ2) is 9.62. The summed E-state index contributed by atoms with van der Waals surface area (Å²) in [5, 5.41) is -1.14. The van der Waals surface area contributed by atoms with Crippen molar-refractivity contribution in [2.75, 3.05) is 0 Å². The molecule has 0 bridgehead atoms. The van der Waals surface area contributed by atoms with E-state index in [4.69, 9.17) is 54.2 Å². The van der Waals surface area contributed by atoms with Crippen LogP contribution in [0.2, 0.25) is 5.01 Å². The molecule has 0 spiro atoms. The number of carbonyl (C=O) groups is 1. The van der Waals surface area contributed by atoms with Gasteiger partial charge in [-0.15, -0.1) is 0 Å². The molecular formula is C11H6B11BrFO. The number of rotatable bonds is 5. The smallest absolute Gasteiger partial charge is 0.151 e. The molecule has 0 fully saturated rings. The SMILES string of the molecule is O=Cc1cc2c(c(F)c1Br)CC=C2.[B][B]C(B([B])[B])(B([B])[B])B([B])[B]. The number of benzene rings is 1. The average molecular weight is 372 g/mol. The molecule has 0 amide bonds. The molecule has 0 aliphatic heterocycles. The average Bonchev–Trinajstić information content (AvgIpc) is 3.00. The number of carbonyl (C=O) groups excluding carboxylic acids is 1. The molecule has 103 valence electrons. The highest BCUT2D eigenvalue weighted by Gasteiger charge is 2.37. The molecule has 2 rings (SSSR count). The third kappa shape index (κ3) is 4.73. The monoisotopic (exact) mass is 373 g/mol. The van der Waals surface area contributed by atoms with Gasteiger partial charge in [0.05, 0.1) is 4.47 Å². The minimum absolute atomic E-state index is 0.268. The quantitative estimate of drug-likeness (QED) is 0.479. The van der Waals surface area contributed by atoms with Gasteiger partial charge in [0, 0.05) is 91.9 Å². The minimum atomic E-state index is -1.14. The molecule has 0 unspecified atom stereocenters. The first kappa shape index (κ1) is 22.8. The number of aldehydes is 1. The van der Waals surface area contributed by atoms with E-state index in [1.807, 2.05) is 12.2 Å². The van der Waals surface area contributed by atoms with Gasteiger partial charge < -0.3 is 0 Å². The van der Waals surface area contributed by atoms with Crippen LogP contribution in [0.5, 0.6) is 0 Å². The molecule has 15 radical (unpaired) electrons. The lowest BCUT2D eigenvalue weighted by Crippen LogP contribution is -2.61. The number of hydrogen-bond donors (Lipinski definition) is 0. The number of halogens is 2. The maximum absolute atomic E-state index is 13.5. The van der Waals surface area contributed by atoms with Crippen LogP contribution in [0.25, 0.3) is 6.08 Å². The van der Waals surface area contributed by atoms with Crippen LogP contribution in [-0.4, -0.2) is 87.1 Å². The topological polar surface area (TPSA) is 17.1 Å². The summed E-state index contributed by atoms with van der Waals surface area (Å²) in [5.41, 5.74) is 1.84. The van der Waals surface area contributed by atoms with E-state index >= 15 is 0 Å². The summed E-state index contributed by atoms with van der Waals surface area (Å²) in [6.45, 7) is -2.66. The van der Waals surface area contributed by atoms with Crippen molar-refractivity contribution in [1.29, 1.82) is 0 Å². The Morgan fingerprint density at radius 3 is 2.04 bits per heavy atom. The van der Waals surface area contributed by atoms with Crippen molar-refractivity contribution < 1.29 is 9.18 Å². The van der Waals surface area contributed by atoms with E-state index in [0.717, 1.165) is 12.7 Å². The van der Waals surface area contributed by atoms with Gasteiger partial charge in [-0.2, -0.15) is 5.01 Å². The summed E-state index contributed by atoms with van der Waals surface area (Å²) in [4.78, 5) is 10.6. The van der Waals surface area contributed by atoms with Gasteiger partial charge >= 0.3 is 0 Å². The molecule has 0 atom stereocenters. The van der Waals surface area contributed by atoms with Crippen LogP contribution in [0.4, 0.5) is 4.39 Å². The van der Waals surface area contributed by atoms with E-state index in [1.165, 1.54) is 0 Å². The van der Waals surface area contributed by atoms with E-state index in [9.17, 15) is 9.18 Å². The Bertz CT molecular complexity index is 629. The van der Waals surface area contributed by atoms with E-state index in [-0.39, 0.29) is 10.3 Å². The lowest BCUT2D eigenvalue weighted by molar-refractivity contribution is 0.112. The molecule has 0 saturated heterocycles. The number of allylic oxidation sites excluding steroid dienone is 1. The first-order chi connectivity index (χ1) is 11.6. The Kier molecular flexibility index (Phi) is 8.77. The molecule has 1 aliphatic carbocycles. The van der Waals surface area contributed by atoms with Gasteiger partial charge in [0.2, 0.25) is 0 Å². The van der Waals surface area contributed by atoms with Crippen molar-refractivity contribution in [3.05, 3.63) is 39.1 Å². The predicted molar refractivity (Wildman–Crippen MR) is 118 cm³/mol. The summed E-state index contributed by atoms with van der Waals surface area (Å²) < 4.78 is 13.8. The highest BCUT2D eigenvalue weighted by molar-refractivity contribution is 9.10. The Balaban J connectivity index is 0.000000252. The molecule has 14 heteroatoms. The maximum Gasteiger partial charge on any atom is 0.151 e. The highest BCUT2D eigenvalue weighted by Crippen LogP contribution is 2.30. The van der Waals surface area contributed by atoms with Crippen LogP contribution < -0.4 is 0 Å². The van der Waals surface area contributed by atoms with Crippen molar-refractivity contribution >= 4 is 109 Å². The van der Waals surface area contributed by atoms with Crippen molar-refractivity contribution in [3.8, 4) is 0 Å². The summed E-state index contributed by atoms with van der Waals surface area (Å²) in [7, 11) is 39.0. The number of fused-ring (bicyclic) bond motifs is 1. The summed E-state index contributed by atoms with van der Waals surface area (Å²) in [6, 6.07) is 1.69. The van der Waals surface area contributed by atoms with Gasteiger partial charge in [0.1, 0.15) is 5.82 Å². The van der Waals surface area contributed by atoms with Crippen LogP contribution in [0.15, 0.2) is 16.6 Å². The molecule has 25 heavy (non-hydrogen) atoms. The van der Waals surface area contributed by atoms with Gasteiger partial charge in [-0.3, -0.25) is 4.79 Å². The third-order valence-electron chi connectivity index (χ3n) is 4.14. The second-order valence-electron chi connectivity index (χ2n) is 5.63. The molecule has 0 saturated carbocycles. The molecule has 0 heterocycles. The van der Waals surface area contributed by atoms with Crippen molar-refractivity contribution in [2.45, 2.75) is 11.4 Å². The molecule has 0 aromatic heterocycles. The fourth-order valence-electron chi connectivity index (χ4n) is 2.45. The first-order valence-electron chi connectivity index (χ1n) is 7.35. The first-order valence-corrected chi connectivity index (χ1v) is 8.14. The summed E-state index contributed by atoms with van der Waals surface area (Å²) >= 11 is 3.06. The standard InChI is InChI=1S/C10H6BrFO.CB11/c11-9-7(5-13)4-6-2-1-3-8(6)10(9)12;2-9-1(10(3)4,11(5)6)12(7)8/h1-2,4-5H,3H2;. The normalized spacial score (nSPS) is 11.8. The van der Waals surface area contributed by atoms with Gasteiger partial charge in [0.15, 0.2) is 6.29 Å². The van der Waals surface area contributed by atoms with Crippen LogP contribution in [0.3, 0.4) is 0 Å². The molecule has 1 aliphatic rings. The molecular weight excluding hydrogens is 366 g/mol. The lowest BCUT2D eigenvalue weighted by atomic mass is 8.73. The van der Waals surface area contributed by atoms with Crippen LogP contribution in [0.1, 0.15) is 21.5 Å². The van der Waals surface area contributed by atoms with Crippen LogP contribution in [0, 0.1) is 5.82 Å². The van der Waals surface area contributed by atoms with Gasteiger partial charge in [-0.05, 0) is 34.0 Å². The zero-order valence-electron chi connectivity index (χ0n) is 13.5. The summed E-state index contributed by atoms with van der Waals surface area (Å²) in [5.74, 6) is -0.315. The third-order valence-corrected chi connectivity index (χ3v) is 4.94. The maximum atomic E-state index is 13.5. The van der Waals surface area contributed by atoms with E-state index < -0.39 is 24.5 Å². The number of hydrogen-bond acceptors (Lipinski definition) is 1.